The van der Waals surface area contributed by atoms with Crippen molar-refractivity contribution >= 4 is 0 Å². The third-order valence-corrected chi connectivity index (χ3v) is 4.71. The van der Waals surface area contributed by atoms with Crippen LogP contribution in [0.15, 0.2) is 10.2 Å². The zero-order valence-corrected chi connectivity index (χ0v) is 12.3. The summed E-state index contributed by atoms with van der Waals surface area (Å²) in [5, 5.41) is 27.9. The van der Waals surface area contributed by atoms with Gasteiger partial charge in [-0.15, -0.1) is 0 Å². The molecular weight excluding hydrogens is 248 g/mol. The molecule has 0 N–H and O–H groups in total. The van der Waals surface area contributed by atoms with Crippen molar-refractivity contribution in [1.29, 1.82) is 10.5 Å². The molecule has 0 unspecified atom stereocenters. The Labute approximate surface area is 121 Å². The van der Waals surface area contributed by atoms with E-state index in [1.807, 2.05) is 0 Å². The second-order valence-electron chi connectivity index (χ2n) is 6.32. The van der Waals surface area contributed by atoms with Crippen LogP contribution >= 0.6 is 0 Å². The van der Waals surface area contributed by atoms with Crippen LogP contribution in [0.1, 0.15) is 77.0 Å². The average Bonchev–Trinajstić information content (AvgIpc) is 2.87. The Morgan fingerprint density at radius 3 is 1.10 bits per heavy atom. The summed E-state index contributed by atoms with van der Waals surface area (Å²) in [5.74, 6) is 0. The van der Waals surface area contributed by atoms with Crippen LogP contribution in [0, 0.1) is 22.7 Å². The van der Waals surface area contributed by atoms with Crippen LogP contribution in [0.2, 0.25) is 0 Å². The summed E-state index contributed by atoms with van der Waals surface area (Å²) >= 11 is 0. The highest BCUT2D eigenvalue weighted by atomic mass is 15.2. The molecule has 0 aromatic carbocycles. The minimum atomic E-state index is -0.660. The minimum Gasteiger partial charge on any atom is -0.196 e. The standard InChI is InChI=1S/C16H24N4/c17-13-15(9-5-1-2-6-10-15)19-20-16(14-18)11-7-3-4-8-12-16/h1-12H2/b20-19+. The van der Waals surface area contributed by atoms with Gasteiger partial charge >= 0.3 is 0 Å². The fourth-order valence-corrected chi connectivity index (χ4v) is 3.29. The van der Waals surface area contributed by atoms with Crippen molar-refractivity contribution in [2.24, 2.45) is 10.2 Å². The van der Waals surface area contributed by atoms with E-state index in [0.29, 0.717) is 0 Å². The Hall–Kier alpha value is -1.42. The number of rotatable bonds is 2. The zero-order chi connectivity index (χ0) is 14.3. The number of hydrogen-bond acceptors (Lipinski definition) is 4. The van der Waals surface area contributed by atoms with Crippen molar-refractivity contribution in [3.8, 4) is 12.1 Å². The third-order valence-electron chi connectivity index (χ3n) is 4.71. The van der Waals surface area contributed by atoms with E-state index in [-0.39, 0.29) is 0 Å². The monoisotopic (exact) mass is 272 g/mol. The maximum absolute atomic E-state index is 9.52. The first-order chi connectivity index (χ1) is 9.74. The van der Waals surface area contributed by atoms with E-state index in [2.05, 4.69) is 22.4 Å². The van der Waals surface area contributed by atoms with Gasteiger partial charge in [-0.25, -0.2) is 0 Å². The fraction of sp³-hybridized carbons (Fsp3) is 0.875. The summed E-state index contributed by atoms with van der Waals surface area (Å²) in [4.78, 5) is 0. The SMILES string of the molecule is N#CC1(/N=N/C2(C#N)CCCCCC2)CCCCCC1. The van der Waals surface area contributed by atoms with Gasteiger partial charge in [-0.1, -0.05) is 25.7 Å². The lowest BCUT2D eigenvalue weighted by Crippen LogP contribution is -2.27. The Morgan fingerprint density at radius 2 is 0.850 bits per heavy atom. The van der Waals surface area contributed by atoms with Crippen molar-refractivity contribution in [2.75, 3.05) is 0 Å². The highest BCUT2D eigenvalue weighted by molar-refractivity contribution is 5.11. The predicted molar refractivity (Wildman–Crippen MR) is 76.9 cm³/mol. The van der Waals surface area contributed by atoms with Crippen molar-refractivity contribution < 1.29 is 0 Å². The van der Waals surface area contributed by atoms with Gasteiger partial charge in [0.05, 0.1) is 12.1 Å². The average molecular weight is 272 g/mol. The Kier molecular flexibility index (Phi) is 5.12. The first kappa shape index (κ1) is 15.0. The van der Waals surface area contributed by atoms with Crippen LogP contribution in [0.3, 0.4) is 0 Å². The molecule has 108 valence electrons. The Bertz CT molecular complexity index is 371. The van der Waals surface area contributed by atoms with Gasteiger partial charge in [-0.3, -0.25) is 0 Å². The largest absolute Gasteiger partial charge is 0.196 e. The van der Waals surface area contributed by atoms with E-state index in [9.17, 15) is 10.5 Å². The molecule has 0 bridgehead atoms. The van der Waals surface area contributed by atoms with Gasteiger partial charge in [0.1, 0.15) is 0 Å². The molecule has 0 spiro atoms. The molecular formula is C16H24N4. The Morgan fingerprint density at radius 1 is 0.550 bits per heavy atom. The molecule has 2 aliphatic rings. The molecule has 2 aliphatic carbocycles. The molecule has 0 aromatic heterocycles. The molecule has 2 saturated carbocycles. The maximum atomic E-state index is 9.52. The van der Waals surface area contributed by atoms with E-state index in [1.165, 1.54) is 25.7 Å². The summed E-state index contributed by atoms with van der Waals surface area (Å²) in [6.07, 6.45) is 12.1. The van der Waals surface area contributed by atoms with E-state index < -0.39 is 11.1 Å². The van der Waals surface area contributed by atoms with Crippen LogP contribution in [0.4, 0.5) is 0 Å². The molecule has 2 fully saturated rings. The van der Waals surface area contributed by atoms with Gasteiger partial charge in [0.2, 0.25) is 0 Å². The summed E-state index contributed by atoms with van der Waals surface area (Å²) in [6, 6.07) is 4.77. The first-order valence-corrected chi connectivity index (χ1v) is 8.01. The molecule has 4 nitrogen and oxygen atoms in total. The summed E-state index contributed by atoms with van der Waals surface area (Å²) in [6.45, 7) is 0. The van der Waals surface area contributed by atoms with Crippen molar-refractivity contribution in [2.45, 2.75) is 88.1 Å². The minimum absolute atomic E-state index is 0.660. The van der Waals surface area contributed by atoms with E-state index in [4.69, 9.17) is 0 Å². The van der Waals surface area contributed by atoms with Gasteiger partial charge < -0.3 is 0 Å². The topological polar surface area (TPSA) is 72.3 Å². The molecule has 4 heteroatoms. The lowest BCUT2D eigenvalue weighted by atomic mass is 9.92. The molecule has 0 radical (unpaired) electrons. The van der Waals surface area contributed by atoms with Crippen molar-refractivity contribution in [3.63, 3.8) is 0 Å². The Balaban J connectivity index is 2.15. The lowest BCUT2D eigenvalue weighted by Gasteiger charge is -2.23. The molecule has 0 saturated heterocycles. The molecule has 0 aliphatic heterocycles. The second-order valence-corrected chi connectivity index (χ2v) is 6.32. The summed E-state index contributed by atoms with van der Waals surface area (Å²) in [7, 11) is 0. The predicted octanol–water partition coefficient (Wildman–Crippen LogP) is 4.67. The third kappa shape index (κ3) is 3.57. The highest BCUT2D eigenvalue weighted by Gasteiger charge is 2.35. The summed E-state index contributed by atoms with van der Waals surface area (Å²) < 4.78 is 0. The molecule has 0 atom stereocenters. The number of nitrogens with zero attached hydrogens (tertiary/aromatic N) is 4. The van der Waals surface area contributed by atoms with E-state index >= 15 is 0 Å². The van der Waals surface area contributed by atoms with Crippen LogP contribution in [0.25, 0.3) is 0 Å². The number of azo groups is 1. The molecule has 2 rings (SSSR count). The van der Waals surface area contributed by atoms with Crippen LogP contribution in [-0.2, 0) is 0 Å². The quantitative estimate of drug-likeness (QED) is 0.541. The number of nitriles is 2. The smallest absolute Gasteiger partial charge is 0.167 e. The molecule has 20 heavy (non-hydrogen) atoms. The van der Waals surface area contributed by atoms with Crippen LogP contribution in [-0.4, -0.2) is 11.1 Å². The zero-order valence-electron chi connectivity index (χ0n) is 12.3. The van der Waals surface area contributed by atoms with Gasteiger partial charge in [0, 0.05) is 0 Å². The van der Waals surface area contributed by atoms with Crippen molar-refractivity contribution in [3.05, 3.63) is 0 Å². The van der Waals surface area contributed by atoms with E-state index in [0.717, 1.165) is 51.4 Å². The van der Waals surface area contributed by atoms with Gasteiger partial charge in [-0.2, -0.15) is 20.8 Å². The summed E-state index contributed by atoms with van der Waals surface area (Å²) in [5.41, 5.74) is -1.32. The van der Waals surface area contributed by atoms with E-state index in [1.54, 1.807) is 0 Å². The second kappa shape index (κ2) is 6.84. The van der Waals surface area contributed by atoms with Gasteiger partial charge in [0.15, 0.2) is 11.1 Å². The fourth-order valence-electron chi connectivity index (χ4n) is 3.29. The number of hydrogen-bond donors (Lipinski definition) is 0. The maximum Gasteiger partial charge on any atom is 0.167 e. The van der Waals surface area contributed by atoms with Crippen LogP contribution < -0.4 is 0 Å². The van der Waals surface area contributed by atoms with Crippen molar-refractivity contribution in [1.82, 2.24) is 0 Å². The van der Waals surface area contributed by atoms with Gasteiger partial charge in [-0.05, 0) is 51.4 Å². The lowest BCUT2D eigenvalue weighted by molar-refractivity contribution is 0.390. The molecule has 0 amide bonds. The first-order valence-electron chi connectivity index (χ1n) is 8.01. The normalized spacial score (nSPS) is 26.1. The van der Waals surface area contributed by atoms with Crippen LogP contribution in [0.5, 0.6) is 0 Å². The highest BCUT2D eigenvalue weighted by Crippen LogP contribution is 2.35. The molecule has 0 aromatic rings. The van der Waals surface area contributed by atoms with Gasteiger partial charge in [0.25, 0.3) is 0 Å². The molecule has 0 heterocycles.